The number of rotatable bonds is 7. The summed E-state index contributed by atoms with van der Waals surface area (Å²) >= 11 is 1.83. The molecule has 0 spiro atoms. The Bertz CT molecular complexity index is 341. The van der Waals surface area contributed by atoms with Gasteiger partial charge in [0, 0.05) is 0 Å². The molecule has 3 nitrogen and oxygen atoms in total. The summed E-state index contributed by atoms with van der Waals surface area (Å²) < 4.78 is 10.4. The van der Waals surface area contributed by atoms with Crippen molar-refractivity contribution in [1.82, 2.24) is 0 Å². The number of aliphatic hydroxyl groups is 1. The van der Waals surface area contributed by atoms with Crippen molar-refractivity contribution in [1.29, 1.82) is 0 Å². The lowest BCUT2D eigenvalue weighted by Crippen LogP contribution is -2.00. The van der Waals surface area contributed by atoms with Crippen molar-refractivity contribution in [2.75, 3.05) is 25.7 Å². The van der Waals surface area contributed by atoms with E-state index in [9.17, 15) is 5.11 Å². The van der Waals surface area contributed by atoms with Gasteiger partial charge < -0.3 is 14.6 Å². The van der Waals surface area contributed by atoms with Crippen LogP contribution in [0.25, 0.3) is 0 Å². The van der Waals surface area contributed by atoms with Crippen molar-refractivity contribution in [2.24, 2.45) is 0 Å². The zero-order chi connectivity index (χ0) is 12.7. The van der Waals surface area contributed by atoms with Gasteiger partial charge in [0.25, 0.3) is 0 Å². The molecule has 1 aromatic carbocycles. The van der Waals surface area contributed by atoms with Gasteiger partial charge in [-0.2, -0.15) is 11.8 Å². The van der Waals surface area contributed by atoms with Gasteiger partial charge in [-0.25, -0.2) is 0 Å². The summed E-state index contributed by atoms with van der Waals surface area (Å²) in [6, 6.07) is 5.53. The molecule has 0 aliphatic heterocycles. The van der Waals surface area contributed by atoms with Crippen LogP contribution in [-0.2, 0) is 0 Å². The molecule has 0 saturated carbocycles. The van der Waals surface area contributed by atoms with Gasteiger partial charge in [-0.1, -0.05) is 13.0 Å². The van der Waals surface area contributed by atoms with Gasteiger partial charge in [0.15, 0.2) is 11.5 Å². The molecule has 96 valence electrons. The van der Waals surface area contributed by atoms with E-state index in [4.69, 9.17) is 9.47 Å². The van der Waals surface area contributed by atoms with Crippen molar-refractivity contribution < 1.29 is 14.6 Å². The molecule has 1 aromatic rings. The molecule has 0 aromatic heterocycles. The minimum atomic E-state index is -0.436. The smallest absolute Gasteiger partial charge is 0.161 e. The van der Waals surface area contributed by atoms with Crippen LogP contribution in [0.3, 0.4) is 0 Å². The molecular weight excluding hydrogens is 236 g/mol. The van der Waals surface area contributed by atoms with E-state index in [0.29, 0.717) is 11.5 Å². The Morgan fingerprint density at radius 1 is 1.24 bits per heavy atom. The van der Waals surface area contributed by atoms with Crippen LogP contribution in [0.15, 0.2) is 18.2 Å². The topological polar surface area (TPSA) is 38.7 Å². The highest BCUT2D eigenvalue weighted by Crippen LogP contribution is 2.31. The van der Waals surface area contributed by atoms with E-state index in [1.807, 2.05) is 30.0 Å². The largest absolute Gasteiger partial charge is 0.493 e. The van der Waals surface area contributed by atoms with Crippen LogP contribution in [0.2, 0.25) is 0 Å². The van der Waals surface area contributed by atoms with Crippen molar-refractivity contribution in [2.45, 2.75) is 19.4 Å². The van der Waals surface area contributed by atoms with Gasteiger partial charge in [-0.3, -0.25) is 0 Å². The van der Waals surface area contributed by atoms with Crippen LogP contribution in [0.4, 0.5) is 0 Å². The SMILES string of the molecule is CCSCCC(O)c1ccc(OC)c(OC)c1. The monoisotopic (exact) mass is 256 g/mol. The highest BCUT2D eigenvalue weighted by Gasteiger charge is 2.11. The summed E-state index contributed by atoms with van der Waals surface area (Å²) in [6.45, 7) is 2.12. The average Bonchev–Trinajstić information content (AvgIpc) is 2.38. The van der Waals surface area contributed by atoms with E-state index in [1.54, 1.807) is 14.2 Å². The Labute approximate surface area is 107 Å². The molecule has 17 heavy (non-hydrogen) atoms. The third-order valence-electron chi connectivity index (χ3n) is 2.53. The van der Waals surface area contributed by atoms with Gasteiger partial charge in [0.05, 0.1) is 20.3 Å². The lowest BCUT2D eigenvalue weighted by atomic mass is 10.1. The summed E-state index contributed by atoms with van der Waals surface area (Å²) in [4.78, 5) is 0. The number of benzene rings is 1. The average molecular weight is 256 g/mol. The maximum atomic E-state index is 10.0. The Kier molecular flexibility index (Phi) is 6.22. The number of aliphatic hydroxyl groups excluding tert-OH is 1. The third-order valence-corrected chi connectivity index (χ3v) is 3.46. The molecule has 1 atom stereocenters. The molecule has 0 saturated heterocycles. The van der Waals surface area contributed by atoms with E-state index in [0.717, 1.165) is 23.5 Å². The second-order valence-corrected chi connectivity index (χ2v) is 5.01. The zero-order valence-corrected chi connectivity index (χ0v) is 11.4. The fraction of sp³-hybridized carbons (Fsp3) is 0.538. The molecule has 0 amide bonds. The van der Waals surface area contributed by atoms with Crippen LogP contribution in [-0.4, -0.2) is 30.8 Å². The van der Waals surface area contributed by atoms with Crippen LogP contribution < -0.4 is 9.47 Å². The third kappa shape index (κ3) is 4.13. The van der Waals surface area contributed by atoms with Crippen LogP contribution in [0.5, 0.6) is 11.5 Å². The Hall–Kier alpha value is -0.870. The fourth-order valence-corrected chi connectivity index (χ4v) is 2.24. The summed E-state index contributed by atoms with van der Waals surface area (Å²) in [5, 5.41) is 10.0. The molecule has 0 aliphatic rings. The van der Waals surface area contributed by atoms with Crippen LogP contribution >= 0.6 is 11.8 Å². The van der Waals surface area contributed by atoms with E-state index < -0.39 is 6.10 Å². The second-order valence-electron chi connectivity index (χ2n) is 3.62. The minimum absolute atomic E-state index is 0.436. The van der Waals surface area contributed by atoms with Crippen LogP contribution in [0, 0.1) is 0 Å². The van der Waals surface area contributed by atoms with Gasteiger partial charge in [0.2, 0.25) is 0 Å². The summed E-state index contributed by atoms with van der Waals surface area (Å²) in [5.41, 5.74) is 0.874. The van der Waals surface area contributed by atoms with Crippen molar-refractivity contribution >= 4 is 11.8 Å². The van der Waals surface area contributed by atoms with Gasteiger partial charge in [-0.15, -0.1) is 0 Å². The molecule has 0 radical (unpaired) electrons. The number of hydrogen-bond acceptors (Lipinski definition) is 4. The first-order valence-electron chi connectivity index (χ1n) is 5.70. The van der Waals surface area contributed by atoms with Crippen molar-refractivity contribution in [3.05, 3.63) is 23.8 Å². The summed E-state index contributed by atoms with van der Waals surface area (Å²) in [7, 11) is 3.20. The first kappa shape index (κ1) is 14.2. The van der Waals surface area contributed by atoms with E-state index >= 15 is 0 Å². The zero-order valence-electron chi connectivity index (χ0n) is 10.6. The predicted molar refractivity (Wildman–Crippen MR) is 72.1 cm³/mol. The second kappa shape index (κ2) is 7.45. The number of ether oxygens (including phenoxy) is 2. The molecule has 1 rings (SSSR count). The lowest BCUT2D eigenvalue weighted by Gasteiger charge is -2.13. The first-order chi connectivity index (χ1) is 8.22. The minimum Gasteiger partial charge on any atom is -0.493 e. The molecule has 0 aliphatic carbocycles. The Morgan fingerprint density at radius 2 is 1.94 bits per heavy atom. The molecule has 1 unspecified atom stereocenters. The molecule has 0 fully saturated rings. The maximum absolute atomic E-state index is 10.0. The Morgan fingerprint density at radius 3 is 2.53 bits per heavy atom. The summed E-state index contributed by atoms with van der Waals surface area (Å²) in [6.07, 6.45) is 0.322. The van der Waals surface area contributed by atoms with E-state index in [-0.39, 0.29) is 0 Å². The molecule has 4 heteroatoms. The predicted octanol–water partition coefficient (Wildman–Crippen LogP) is 2.88. The van der Waals surface area contributed by atoms with Crippen LogP contribution in [0.1, 0.15) is 25.0 Å². The Balaban J connectivity index is 2.70. The van der Waals surface area contributed by atoms with E-state index in [2.05, 4.69) is 6.92 Å². The standard InChI is InChI=1S/C13H20O3S/c1-4-17-8-7-11(14)10-5-6-12(15-2)13(9-10)16-3/h5-6,9,11,14H,4,7-8H2,1-3H3. The molecule has 1 N–H and O–H groups in total. The highest BCUT2D eigenvalue weighted by molar-refractivity contribution is 7.99. The molecule has 0 bridgehead atoms. The number of hydrogen-bond donors (Lipinski definition) is 1. The quantitative estimate of drug-likeness (QED) is 0.761. The van der Waals surface area contributed by atoms with E-state index in [1.165, 1.54) is 0 Å². The number of methoxy groups -OCH3 is 2. The van der Waals surface area contributed by atoms with Gasteiger partial charge >= 0.3 is 0 Å². The summed E-state index contributed by atoms with van der Waals surface area (Å²) in [5.74, 6) is 3.39. The van der Waals surface area contributed by atoms with Crippen molar-refractivity contribution in [3.63, 3.8) is 0 Å². The molecule has 0 heterocycles. The normalized spacial score (nSPS) is 12.2. The fourth-order valence-electron chi connectivity index (χ4n) is 1.57. The number of thioether (sulfide) groups is 1. The first-order valence-corrected chi connectivity index (χ1v) is 6.86. The van der Waals surface area contributed by atoms with Gasteiger partial charge in [-0.05, 0) is 35.6 Å². The van der Waals surface area contributed by atoms with Gasteiger partial charge in [0.1, 0.15) is 0 Å². The lowest BCUT2D eigenvalue weighted by molar-refractivity contribution is 0.174. The maximum Gasteiger partial charge on any atom is 0.161 e. The molecular formula is C13H20O3S. The van der Waals surface area contributed by atoms with Crippen molar-refractivity contribution in [3.8, 4) is 11.5 Å². The highest BCUT2D eigenvalue weighted by atomic mass is 32.2.